The molecule has 15 heavy (non-hydrogen) atoms. The molecule has 5 heteroatoms. The summed E-state index contributed by atoms with van der Waals surface area (Å²) in [6.07, 6.45) is 0. The van der Waals surface area contributed by atoms with Gasteiger partial charge in [0.15, 0.2) is 11.6 Å². The highest BCUT2D eigenvalue weighted by Crippen LogP contribution is 2.27. The Hall–Kier alpha value is -1.06. The highest BCUT2D eigenvalue weighted by atomic mass is 35.5. The van der Waals surface area contributed by atoms with Gasteiger partial charge >= 0.3 is 0 Å². The van der Waals surface area contributed by atoms with Crippen molar-refractivity contribution in [3.63, 3.8) is 0 Å². The molecule has 0 radical (unpaired) electrons. The molecular weight excluding hydrogens is 240 g/mol. The van der Waals surface area contributed by atoms with Crippen LogP contribution in [0.2, 0.25) is 5.02 Å². The van der Waals surface area contributed by atoms with Crippen LogP contribution in [-0.4, -0.2) is 5.16 Å². The molecule has 2 nitrogen and oxygen atoms in total. The lowest BCUT2D eigenvalue weighted by Gasteiger charge is -1.98. The van der Waals surface area contributed by atoms with Gasteiger partial charge in [-0.15, -0.1) is 11.6 Å². The molecule has 0 saturated heterocycles. The molecule has 0 atom stereocenters. The summed E-state index contributed by atoms with van der Waals surface area (Å²) >= 11 is 11.2. The average molecular weight is 246 g/mol. The van der Waals surface area contributed by atoms with Gasteiger partial charge in [0.1, 0.15) is 5.69 Å². The van der Waals surface area contributed by atoms with Gasteiger partial charge in [-0.25, -0.2) is 4.39 Å². The first-order chi connectivity index (χ1) is 7.22. The van der Waals surface area contributed by atoms with Gasteiger partial charge in [-0.05, 0) is 12.1 Å². The van der Waals surface area contributed by atoms with Crippen LogP contribution in [0.4, 0.5) is 4.39 Å². The largest absolute Gasteiger partial charge is 0.359 e. The van der Waals surface area contributed by atoms with E-state index in [4.69, 9.17) is 27.7 Å². The molecule has 0 N–H and O–H groups in total. The molecule has 78 valence electrons. The lowest BCUT2D eigenvalue weighted by molar-refractivity contribution is 0.396. The van der Waals surface area contributed by atoms with Crippen molar-refractivity contribution < 1.29 is 8.91 Å². The zero-order chi connectivity index (χ0) is 10.8. The van der Waals surface area contributed by atoms with Gasteiger partial charge in [0, 0.05) is 11.6 Å². The maximum atomic E-state index is 13.6. The summed E-state index contributed by atoms with van der Waals surface area (Å²) in [6, 6.07) is 6.29. The SMILES string of the molecule is Fc1c(Cl)cccc1-c1cc(CCl)on1. The van der Waals surface area contributed by atoms with Crippen molar-refractivity contribution in [1.82, 2.24) is 5.16 Å². The zero-order valence-corrected chi connectivity index (χ0v) is 9.02. The van der Waals surface area contributed by atoms with E-state index in [1.54, 1.807) is 18.2 Å². The molecule has 0 aliphatic heterocycles. The minimum absolute atomic E-state index is 0.0583. The van der Waals surface area contributed by atoms with E-state index in [0.717, 1.165) is 0 Å². The Morgan fingerprint density at radius 2 is 2.20 bits per heavy atom. The van der Waals surface area contributed by atoms with Crippen molar-refractivity contribution in [3.8, 4) is 11.3 Å². The Bertz CT molecular complexity index is 484. The van der Waals surface area contributed by atoms with Crippen molar-refractivity contribution in [2.45, 2.75) is 5.88 Å². The van der Waals surface area contributed by atoms with Gasteiger partial charge in [0.2, 0.25) is 0 Å². The highest BCUT2D eigenvalue weighted by Gasteiger charge is 2.12. The summed E-state index contributed by atoms with van der Waals surface area (Å²) in [6.45, 7) is 0. The van der Waals surface area contributed by atoms with Crippen LogP contribution in [0.3, 0.4) is 0 Å². The van der Waals surface area contributed by atoms with Crippen molar-refractivity contribution in [3.05, 3.63) is 40.9 Å². The number of hydrogen-bond acceptors (Lipinski definition) is 2. The summed E-state index contributed by atoms with van der Waals surface area (Å²) in [5.41, 5.74) is 0.702. The predicted octanol–water partition coefficient (Wildman–Crippen LogP) is 3.87. The van der Waals surface area contributed by atoms with Gasteiger partial charge in [-0.3, -0.25) is 0 Å². The number of rotatable bonds is 2. The van der Waals surface area contributed by atoms with Gasteiger partial charge in [0.25, 0.3) is 0 Å². The maximum Gasteiger partial charge on any atom is 0.152 e. The fourth-order valence-electron chi connectivity index (χ4n) is 1.20. The summed E-state index contributed by atoms with van der Waals surface area (Å²) in [5, 5.41) is 3.76. The van der Waals surface area contributed by atoms with Crippen LogP contribution < -0.4 is 0 Å². The fraction of sp³-hybridized carbons (Fsp3) is 0.100. The Labute approximate surface area is 95.6 Å². The van der Waals surface area contributed by atoms with Crippen LogP contribution in [0.15, 0.2) is 28.8 Å². The van der Waals surface area contributed by atoms with E-state index in [9.17, 15) is 4.39 Å². The molecular formula is C10H6Cl2FNO. The topological polar surface area (TPSA) is 26.0 Å². The van der Waals surface area contributed by atoms with Gasteiger partial charge in [-0.2, -0.15) is 0 Å². The average Bonchev–Trinajstić information content (AvgIpc) is 2.70. The summed E-state index contributed by atoms with van der Waals surface area (Å²) in [7, 11) is 0. The number of halogens is 3. The number of aromatic nitrogens is 1. The van der Waals surface area contributed by atoms with E-state index in [1.165, 1.54) is 6.07 Å². The number of benzene rings is 1. The highest BCUT2D eigenvalue weighted by molar-refractivity contribution is 6.31. The first-order valence-corrected chi connectivity index (χ1v) is 5.09. The lowest BCUT2D eigenvalue weighted by atomic mass is 10.1. The Morgan fingerprint density at radius 3 is 2.87 bits per heavy atom. The molecule has 0 aliphatic rings. The molecule has 1 aromatic heterocycles. The third-order valence-corrected chi connectivity index (χ3v) is 2.47. The minimum atomic E-state index is -0.506. The van der Waals surface area contributed by atoms with E-state index in [0.29, 0.717) is 17.0 Å². The van der Waals surface area contributed by atoms with Crippen LogP contribution >= 0.6 is 23.2 Å². The molecule has 0 spiro atoms. The minimum Gasteiger partial charge on any atom is -0.359 e. The lowest BCUT2D eigenvalue weighted by Crippen LogP contribution is -1.84. The smallest absolute Gasteiger partial charge is 0.152 e. The second kappa shape index (κ2) is 4.21. The van der Waals surface area contributed by atoms with E-state index >= 15 is 0 Å². The molecule has 1 heterocycles. The van der Waals surface area contributed by atoms with E-state index in [2.05, 4.69) is 5.16 Å². The Morgan fingerprint density at radius 1 is 1.40 bits per heavy atom. The second-order valence-electron chi connectivity index (χ2n) is 2.91. The van der Waals surface area contributed by atoms with Crippen LogP contribution in [0.25, 0.3) is 11.3 Å². The molecule has 0 fully saturated rings. The molecule has 0 amide bonds. The van der Waals surface area contributed by atoms with Crippen LogP contribution in [0.5, 0.6) is 0 Å². The third-order valence-electron chi connectivity index (χ3n) is 1.92. The predicted molar refractivity (Wildman–Crippen MR) is 56.5 cm³/mol. The van der Waals surface area contributed by atoms with Gasteiger partial charge in [0.05, 0.1) is 10.9 Å². The Balaban J connectivity index is 2.49. The molecule has 0 saturated carbocycles. The molecule has 0 aliphatic carbocycles. The van der Waals surface area contributed by atoms with E-state index in [-0.39, 0.29) is 10.9 Å². The van der Waals surface area contributed by atoms with E-state index < -0.39 is 5.82 Å². The van der Waals surface area contributed by atoms with Crippen molar-refractivity contribution in [2.75, 3.05) is 0 Å². The fourth-order valence-corrected chi connectivity index (χ4v) is 1.50. The van der Waals surface area contributed by atoms with Crippen molar-refractivity contribution in [2.24, 2.45) is 0 Å². The third kappa shape index (κ3) is 1.98. The van der Waals surface area contributed by atoms with E-state index in [1.807, 2.05) is 0 Å². The van der Waals surface area contributed by atoms with Gasteiger partial charge in [-0.1, -0.05) is 22.8 Å². The summed E-state index contributed by atoms with van der Waals surface area (Å²) in [4.78, 5) is 0. The quantitative estimate of drug-likeness (QED) is 0.751. The van der Waals surface area contributed by atoms with Crippen LogP contribution in [0.1, 0.15) is 5.76 Å². The number of hydrogen-bond donors (Lipinski definition) is 0. The molecule has 2 aromatic rings. The van der Waals surface area contributed by atoms with Crippen LogP contribution in [0, 0.1) is 5.82 Å². The first kappa shape index (κ1) is 10.5. The summed E-state index contributed by atoms with van der Waals surface area (Å²) in [5.74, 6) is 0.189. The van der Waals surface area contributed by atoms with Gasteiger partial charge < -0.3 is 4.52 Å². The number of alkyl halides is 1. The van der Waals surface area contributed by atoms with Crippen molar-refractivity contribution in [1.29, 1.82) is 0 Å². The maximum absolute atomic E-state index is 13.6. The molecule has 1 aromatic carbocycles. The molecule has 0 bridgehead atoms. The molecule has 2 rings (SSSR count). The van der Waals surface area contributed by atoms with Crippen LogP contribution in [-0.2, 0) is 5.88 Å². The molecule has 0 unspecified atom stereocenters. The normalized spacial score (nSPS) is 10.6. The van der Waals surface area contributed by atoms with Crippen molar-refractivity contribution >= 4 is 23.2 Å². The monoisotopic (exact) mass is 245 g/mol. The zero-order valence-electron chi connectivity index (χ0n) is 7.51. The summed E-state index contributed by atoms with van der Waals surface area (Å²) < 4.78 is 18.4. The number of nitrogens with zero attached hydrogens (tertiary/aromatic N) is 1. The second-order valence-corrected chi connectivity index (χ2v) is 3.59. The first-order valence-electron chi connectivity index (χ1n) is 4.18. The standard InChI is InChI=1S/C10H6Cl2FNO/c11-5-6-4-9(14-15-6)7-2-1-3-8(12)10(7)13/h1-4H,5H2. The Kier molecular flexibility index (Phi) is 2.93.